The summed E-state index contributed by atoms with van der Waals surface area (Å²) in [5.74, 6) is 0.678. The number of piperidine rings is 1. The summed E-state index contributed by atoms with van der Waals surface area (Å²) >= 11 is 0. The molecule has 0 saturated carbocycles. The van der Waals surface area contributed by atoms with Crippen molar-refractivity contribution >= 4 is 12.6 Å². The highest BCUT2D eigenvalue weighted by molar-refractivity contribution is 6.58. The summed E-state index contributed by atoms with van der Waals surface area (Å²) < 4.78 is 5.71. The van der Waals surface area contributed by atoms with Crippen molar-refractivity contribution in [2.75, 3.05) is 40.3 Å². The molecule has 0 unspecified atom stereocenters. The van der Waals surface area contributed by atoms with E-state index in [1.807, 2.05) is 6.07 Å². The Kier molecular flexibility index (Phi) is 6.05. The highest BCUT2D eigenvalue weighted by Gasteiger charge is 2.20. The Labute approximate surface area is 127 Å². The zero-order chi connectivity index (χ0) is 15.2. The van der Waals surface area contributed by atoms with E-state index in [4.69, 9.17) is 14.8 Å². The van der Waals surface area contributed by atoms with Crippen LogP contribution in [0.2, 0.25) is 0 Å². The molecule has 1 aliphatic heterocycles. The van der Waals surface area contributed by atoms with Gasteiger partial charge in [-0.05, 0) is 57.6 Å². The Bertz CT molecular complexity index is 437. The van der Waals surface area contributed by atoms with E-state index in [0.29, 0.717) is 23.9 Å². The molecule has 0 amide bonds. The maximum atomic E-state index is 9.14. The molecule has 0 aliphatic carbocycles. The summed E-state index contributed by atoms with van der Waals surface area (Å²) in [5, 5.41) is 18.3. The zero-order valence-corrected chi connectivity index (χ0v) is 12.9. The average molecular weight is 292 g/mol. The molecule has 2 N–H and O–H groups in total. The molecule has 0 bridgehead atoms. The fraction of sp³-hybridized carbons (Fsp3) is 0.600. The molecule has 6 heteroatoms. The molecule has 1 saturated heterocycles. The third kappa shape index (κ3) is 5.00. The van der Waals surface area contributed by atoms with E-state index < -0.39 is 7.12 Å². The molecule has 1 aromatic carbocycles. The first-order valence-corrected chi connectivity index (χ1v) is 7.54. The van der Waals surface area contributed by atoms with Crippen LogP contribution in [0.5, 0.6) is 5.75 Å². The van der Waals surface area contributed by atoms with Gasteiger partial charge in [-0.1, -0.05) is 12.1 Å². The van der Waals surface area contributed by atoms with E-state index in [0.717, 1.165) is 19.6 Å². The molecule has 0 radical (unpaired) electrons. The van der Waals surface area contributed by atoms with E-state index in [2.05, 4.69) is 23.9 Å². The quantitative estimate of drug-likeness (QED) is 0.710. The second-order valence-electron chi connectivity index (χ2n) is 5.81. The monoisotopic (exact) mass is 292 g/mol. The van der Waals surface area contributed by atoms with Gasteiger partial charge < -0.3 is 19.7 Å². The fourth-order valence-electron chi connectivity index (χ4n) is 2.69. The molecule has 21 heavy (non-hydrogen) atoms. The van der Waals surface area contributed by atoms with Crippen molar-refractivity contribution in [3.05, 3.63) is 24.3 Å². The van der Waals surface area contributed by atoms with Crippen molar-refractivity contribution in [2.45, 2.75) is 18.9 Å². The zero-order valence-electron chi connectivity index (χ0n) is 12.9. The number of likely N-dealkylation sites (tertiary alicyclic amines) is 1. The lowest BCUT2D eigenvalue weighted by molar-refractivity contribution is 0.127. The maximum Gasteiger partial charge on any atom is 0.488 e. The lowest BCUT2D eigenvalue weighted by atomic mass is 9.80. The second kappa shape index (κ2) is 7.80. The number of hydrogen-bond acceptors (Lipinski definition) is 5. The van der Waals surface area contributed by atoms with E-state index in [9.17, 15) is 0 Å². The van der Waals surface area contributed by atoms with Crippen LogP contribution >= 0.6 is 0 Å². The third-order valence-corrected chi connectivity index (χ3v) is 4.18. The smallest absolute Gasteiger partial charge is 0.488 e. The molecule has 1 aliphatic rings. The van der Waals surface area contributed by atoms with Crippen LogP contribution in [0.3, 0.4) is 0 Å². The number of ether oxygens (including phenoxy) is 1. The van der Waals surface area contributed by atoms with Crippen LogP contribution < -0.4 is 10.2 Å². The second-order valence-corrected chi connectivity index (χ2v) is 5.81. The summed E-state index contributed by atoms with van der Waals surface area (Å²) in [5.41, 5.74) is 0.455. The molecule has 2 rings (SSSR count). The summed E-state index contributed by atoms with van der Waals surface area (Å²) in [7, 11) is 2.87. The first-order chi connectivity index (χ1) is 10.1. The minimum absolute atomic E-state index is 0.455. The first-order valence-electron chi connectivity index (χ1n) is 7.54. The number of rotatable bonds is 6. The Balaban J connectivity index is 1.75. The summed E-state index contributed by atoms with van der Waals surface area (Å²) in [6.07, 6.45) is 2.42. The number of benzene rings is 1. The predicted molar refractivity (Wildman–Crippen MR) is 84.9 cm³/mol. The van der Waals surface area contributed by atoms with Crippen LogP contribution in [-0.4, -0.2) is 73.3 Å². The molecule has 0 spiro atoms. The molecule has 0 atom stereocenters. The minimum Gasteiger partial charge on any atom is -0.492 e. The van der Waals surface area contributed by atoms with Crippen LogP contribution in [0.15, 0.2) is 24.3 Å². The highest BCUT2D eigenvalue weighted by atomic mass is 16.5. The molecule has 0 aromatic heterocycles. The van der Waals surface area contributed by atoms with Crippen LogP contribution in [-0.2, 0) is 0 Å². The van der Waals surface area contributed by atoms with Gasteiger partial charge in [0.2, 0.25) is 0 Å². The summed E-state index contributed by atoms with van der Waals surface area (Å²) in [4.78, 5) is 4.73. The Morgan fingerprint density at radius 1 is 1.33 bits per heavy atom. The molecule has 1 aromatic rings. The predicted octanol–water partition coefficient (Wildman–Crippen LogP) is -0.229. The van der Waals surface area contributed by atoms with E-state index in [1.165, 1.54) is 12.8 Å². The maximum absolute atomic E-state index is 9.14. The Morgan fingerprint density at radius 2 is 2.05 bits per heavy atom. The van der Waals surface area contributed by atoms with Crippen molar-refractivity contribution in [3.8, 4) is 5.75 Å². The van der Waals surface area contributed by atoms with Crippen LogP contribution in [0.1, 0.15) is 12.8 Å². The van der Waals surface area contributed by atoms with Crippen molar-refractivity contribution in [1.82, 2.24) is 9.80 Å². The van der Waals surface area contributed by atoms with Gasteiger partial charge in [-0.2, -0.15) is 0 Å². The van der Waals surface area contributed by atoms with Gasteiger partial charge in [0.05, 0.1) is 0 Å². The van der Waals surface area contributed by atoms with Gasteiger partial charge in [0.25, 0.3) is 0 Å². The summed E-state index contributed by atoms with van der Waals surface area (Å²) in [6, 6.07) is 7.57. The van der Waals surface area contributed by atoms with Crippen molar-refractivity contribution in [2.24, 2.45) is 0 Å². The van der Waals surface area contributed by atoms with Gasteiger partial charge in [-0.3, -0.25) is 4.90 Å². The topological polar surface area (TPSA) is 56.2 Å². The van der Waals surface area contributed by atoms with Gasteiger partial charge in [0.1, 0.15) is 12.4 Å². The molecule has 1 fully saturated rings. The molecule has 116 valence electrons. The summed E-state index contributed by atoms with van der Waals surface area (Å²) in [6.45, 7) is 3.80. The standard InChI is InChI=1S/C15H25BN2O3/c1-17-8-6-14(7-9-17)18(2)10-11-21-15-5-3-4-13(12-15)16(19)20/h3-5,12,14,19-20H,6-11H2,1-2H3. The van der Waals surface area contributed by atoms with Crippen LogP contribution in [0, 0.1) is 0 Å². The number of likely N-dealkylation sites (N-methyl/N-ethyl adjacent to an activating group) is 1. The number of hydrogen-bond donors (Lipinski definition) is 2. The van der Waals surface area contributed by atoms with Gasteiger partial charge in [0.15, 0.2) is 0 Å². The minimum atomic E-state index is -1.45. The molecule has 5 nitrogen and oxygen atoms in total. The average Bonchev–Trinajstić information content (AvgIpc) is 2.48. The van der Waals surface area contributed by atoms with Gasteiger partial charge in [-0.15, -0.1) is 0 Å². The van der Waals surface area contributed by atoms with E-state index in [1.54, 1.807) is 18.2 Å². The molecular formula is C15H25BN2O3. The lowest BCUT2D eigenvalue weighted by Gasteiger charge is -2.35. The van der Waals surface area contributed by atoms with Crippen LogP contribution in [0.4, 0.5) is 0 Å². The van der Waals surface area contributed by atoms with E-state index in [-0.39, 0.29) is 0 Å². The molecule has 1 heterocycles. The largest absolute Gasteiger partial charge is 0.492 e. The van der Waals surface area contributed by atoms with Gasteiger partial charge in [0, 0.05) is 12.6 Å². The number of nitrogens with zero attached hydrogens (tertiary/aromatic N) is 2. The van der Waals surface area contributed by atoms with Crippen molar-refractivity contribution in [1.29, 1.82) is 0 Å². The normalized spacial score (nSPS) is 17.2. The van der Waals surface area contributed by atoms with Gasteiger partial charge in [-0.25, -0.2) is 0 Å². The van der Waals surface area contributed by atoms with Gasteiger partial charge >= 0.3 is 7.12 Å². The fourth-order valence-corrected chi connectivity index (χ4v) is 2.69. The van der Waals surface area contributed by atoms with Crippen molar-refractivity contribution < 1.29 is 14.8 Å². The third-order valence-electron chi connectivity index (χ3n) is 4.18. The Morgan fingerprint density at radius 3 is 2.71 bits per heavy atom. The van der Waals surface area contributed by atoms with Crippen molar-refractivity contribution in [3.63, 3.8) is 0 Å². The Hall–Kier alpha value is -1.08. The SMILES string of the molecule is CN1CCC(N(C)CCOc2cccc(B(O)O)c2)CC1. The van der Waals surface area contributed by atoms with Crippen LogP contribution in [0.25, 0.3) is 0 Å². The first kappa shape index (κ1) is 16.3. The molecular weight excluding hydrogens is 267 g/mol. The lowest BCUT2D eigenvalue weighted by Crippen LogP contribution is -2.43. The van der Waals surface area contributed by atoms with E-state index >= 15 is 0 Å². The highest BCUT2D eigenvalue weighted by Crippen LogP contribution is 2.14.